The summed E-state index contributed by atoms with van der Waals surface area (Å²) in [5.74, 6) is 1.08. The molecule has 23 heavy (non-hydrogen) atoms. The second kappa shape index (κ2) is 4.29. The van der Waals surface area contributed by atoms with Crippen LogP contribution in [0.3, 0.4) is 0 Å². The first-order chi connectivity index (χ1) is 11.2. The number of rotatable bonds is 1. The Morgan fingerprint density at radius 2 is 2.22 bits per heavy atom. The summed E-state index contributed by atoms with van der Waals surface area (Å²) in [6.45, 7) is 0. The molecule has 3 atom stereocenters. The molecule has 2 aromatic rings. The summed E-state index contributed by atoms with van der Waals surface area (Å²) in [5.41, 5.74) is 1.96. The zero-order chi connectivity index (χ0) is 15.7. The molecule has 3 heterocycles. The zero-order valence-corrected chi connectivity index (χ0v) is 12.4. The van der Waals surface area contributed by atoms with Crippen LogP contribution in [-0.2, 0) is 11.2 Å². The molecule has 0 saturated heterocycles. The van der Waals surface area contributed by atoms with Crippen LogP contribution >= 0.6 is 0 Å². The van der Waals surface area contributed by atoms with Gasteiger partial charge in [0.15, 0.2) is 0 Å². The van der Waals surface area contributed by atoms with Gasteiger partial charge in [-0.15, -0.1) is 0 Å². The molecule has 0 fully saturated rings. The lowest BCUT2D eigenvalue weighted by Crippen LogP contribution is -2.14. The van der Waals surface area contributed by atoms with Crippen molar-refractivity contribution >= 4 is 11.0 Å². The smallest absolute Gasteiger partial charge is 0.342 e. The molecule has 118 valence electrons. The third-order valence-electron chi connectivity index (χ3n) is 4.88. The first-order valence-electron chi connectivity index (χ1n) is 7.56. The molecule has 5 rings (SSSR count). The van der Waals surface area contributed by atoms with Crippen molar-refractivity contribution in [2.75, 3.05) is 7.11 Å². The van der Waals surface area contributed by atoms with Crippen molar-refractivity contribution in [2.24, 2.45) is 0 Å². The first kappa shape index (κ1) is 13.0. The van der Waals surface area contributed by atoms with Crippen LogP contribution in [0.5, 0.6) is 11.5 Å². The predicted molar refractivity (Wildman–Crippen MR) is 79.7 cm³/mol. The molecule has 2 aliphatic heterocycles. The first-order valence-corrected chi connectivity index (χ1v) is 7.56. The topological polar surface area (TPSA) is 78.1 Å². The molecule has 0 radical (unpaired) electrons. The van der Waals surface area contributed by atoms with Crippen LogP contribution in [0.2, 0.25) is 0 Å². The average molecular weight is 314 g/mol. The van der Waals surface area contributed by atoms with Gasteiger partial charge in [-0.3, -0.25) is 0 Å². The van der Waals surface area contributed by atoms with E-state index in [2.05, 4.69) is 0 Å². The van der Waals surface area contributed by atoms with Crippen LogP contribution in [0.4, 0.5) is 0 Å². The molecular formula is C17H14O6. The number of aliphatic hydroxyl groups excluding tert-OH is 1. The van der Waals surface area contributed by atoms with E-state index in [-0.39, 0.29) is 5.92 Å². The molecule has 6 nitrogen and oxygen atoms in total. The molecule has 1 aliphatic carbocycles. The van der Waals surface area contributed by atoms with Crippen LogP contribution in [0.15, 0.2) is 27.6 Å². The number of hydrogen-bond donors (Lipinski definition) is 1. The maximum Gasteiger partial charge on any atom is 0.342 e. The summed E-state index contributed by atoms with van der Waals surface area (Å²) in [7, 11) is 1.57. The van der Waals surface area contributed by atoms with E-state index in [0.29, 0.717) is 35.5 Å². The van der Waals surface area contributed by atoms with E-state index in [1.54, 1.807) is 19.4 Å². The van der Waals surface area contributed by atoms with Gasteiger partial charge in [0.25, 0.3) is 6.29 Å². The lowest BCUT2D eigenvalue weighted by atomic mass is 9.95. The maximum atomic E-state index is 12.4. The summed E-state index contributed by atoms with van der Waals surface area (Å²) in [6.07, 6.45) is 3.43. The van der Waals surface area contributed by atoms with E-state index in [4.69, 9.17) is 18.6 Å². The molecule has 6 heteroatoms. The SMILES string of the molecule is COc1cc2c(c3oc(=O)c4c(c13)CCC4O)[C@@H]1C=CO[C@H]1O2. The van der Waals surface area contributed by atoms with Gasteiger partial charge in [0.1, 0.15) is 17.1 Å². The van der Waals surface area contributed by atoms with Crippen LogP contribution in [0, 0.1) is 0 Å². The third-order valence-corrected chi connectivity index (χ3v) is 4.88. The largest absolute Gasteiger partial charge is 0.496 e. The molecular weight excluding hydrogens is 300 g/mol. The fourth-order valence-electron chi connectivity index (χ4n) is 3.86. The predicted octanol–water partition coefficient (Wildman–Crippen LogP) is 2.13. The lowest BCUT2D eigenvalue weighted by Gasteiger charge is -2.13. The van der Waals surface area contributed by atoms with E-state index < -0.39 is 18.0 Å². The summed E-state index contributed by atoms with van der Waals surface area (Å²) in [5, 5.41) is 10.8. The molecule has 3 aliphatic rings. The number of fused-ring (bicyclic) bond motifs is 7. The van der Waals surface area contributed by atoms with Crippen molar-refractivity contribution in [3.05, 3.63) is 45.5 Å². The highest BCUT2D eigenvalue weighted by Gasteiger charge is 2.41. The Morgan fingerprint density at radius 1 is 1.35 bits per heavy atom. The number of aliphatic hydroxyl groups is 1. The molecule has 1 unspecified atom stereocenters. The molecule has 0 saturated carbocycles. The van der Waals surface area contributed by atoms with E-state index in [1.807, 2.05) is 6.08 Å². The Labute approximate surface area is 130 Å². The Balaban J connectivity index is 1.92. The fraction of sp³-hybridized carbons (Fsp3) is 0.353. The lowest BCUT2D eigenvalue weighted by molar-refractivity contribution is -0.00485. The molecule has 0 spiro atoms. The van der Waals surface area contributed by atoms with Crippen molar-refractivity contribution in [2.45, 2.75) is 31.2 Å². The minimum Gasteiger partial charge on any atom is -0.496 e. The van der Waals surface area contributed by atoms with Gasteiger partial charge in [-0.1, -0.05) is 0 Å². The minimum absolute atomic E-state index is 0.106. The van der Waals surface area contributed by atoms with Gasteiger partial charge in [-0.25, -0.2) is 4.79 Å². The standard InChI is InChI=1S/C17H14O6/c1-20-10-6-11-14(8-4-5-21-17(8)22-11)15-13(10)7-2-3-9(18)12(7)16(19)23-15/h4-6,8-9,17-18H,2-3H2,1H3/t8-,9?,17-/m0/s1. The van der Waals surface area contributed by atoms with E-state index in [1.165, 1.54) is 0 Å². The Morgan fingerprint density at radius 3 is 3.04 bits per heavy atom. The van der Waals surface area contributed by atoms with Crippen LogP contribution < -0.4 is 15.1 Å². The quantitative estimate of drug-likeness (QED) is 0.812. The monoisotopic (exact) mass is 314 g/mol. The van der Waals surface area contributed by atoms with Crippen molar-refractivity contribution in [1.29, 1.82) is 0 Å². The normalized spacial score (nSPS) is 26.6. The fourth-order valence-corrected chi connectivity index (χ4v) is 3.86. The summed E-state index contributed by atoms with van der Waals surface area (Å²) in [6, 6.07) is 1.80. The van der Waals surface area contributed by atoms with Crippen LogP contribution in [0.25, 0.3) is 11.0 Å². The van der Waals surface area contributed by atoms with Crippen molar-refractivity contribution in [1.82, 2.24) is 0 Å². The van der Waals surface area contributed by atoms with E-state index in [9.17, 15) is 9.90 Å². The van der Waals surface area contributed by atoms with Gasteiger partial charge < -0.3 is 23.7 Å². The number of hydrogen-bond acceptors (Lipinski definition) is 6. The van der Waals surface area contributed by atoms with E-state index >= 15 is 0 Å². The molecule has 1 aromatic carbocycles. The number of methoxy groups -OCH3 is 1. The van der Waals surface area contributed by atoms with Gasteiger partial charge in [0.05, 0.1) is 41.9 Å². The molecule has 1 N–H and O–H groups in total. The van der Waals surface area contributed by atoms with E-state index in [0.717, 1.165) is 16.5 Å². The Hall–Kier alpha value is -2.47. The van der Waals surface area contributed by atoms with Crippen molar-refractivity contribution in [3.8, 4) is 11.5 Å². The average Bonchev–Trinajstić information content (AvgIpc) is 3.20. The maximum absolute atomic E-state index is 12.4. The highest BCUT2D eigenvalue weighted by molar-refractivity contribution is 5.93. The van der Waals surface area contributed by atoms with Crippen molar-refractivity contribution in [3.63, 3.8) is 0 Å². The Bertz CT molecular complexity index is 925. The second-order valence-corrected chi connectivity index (χ2v) is 6.01. The van der Waals surface area contributed by atoms with Gasteiger partial charge >= 0.3 is 5.63 Å². The van der Waals surface area contributed by atoms with Gasteiger partial charge in [-0.2, -0.15) is 0 Å². The summed E-state index contributed by atoms with van der Waals surface area (Å²) >= 11 is 0. The van der Waals surface area contributed by atoms with Gasteiger partial charge in [0, 0.05) is 6.07 Å². The number of aryl methyl sites for hydroxylation is 1. The summed E-state index contributed by atoms with van der Waals surface area (Å²) < 4.78 is 22.3. The molecule has 0 amide bonds. The van der Waals surface area contributed by atoms with Gasteiger partial charge in [0.2, 0.25) is 0 Å². The second-order valence-electron chi connectivity index (χ2n) is 6.01. The van der Waals surface area contributed by atoms with Crippen molar-refractivity contribution < 1.29 is 23.7 Å². The molecule has 0 bridgehead atoms. The zero-order valence-electron chi connectivity index (χ0n) is 12.4. The summed E-state index contributed by atoms with van der Waals surface area (Å²) in [4.78, 5) is 12.4. The Kier molecular flexibility index (Phi) is 2.43. The number of ether oxygens (including phenoxy) is 3. The van der Waals surface area contributed by atoms with Crippen LogP contribution in [-0.4, -0.2) is 18.5 Å². The van der Waals surface area contributed by atoms with Gasteiger partial charge in [-0.05, 0) is 24.5 Å². The highest BCUT2D eigenvalue weighted by Crippen LogP contribution is 2.50. The number of benzene rings is 1. The highest BCUT2D eigenvalue weighted by atomic mass is 16.7. The van der Waals surface area contributed by atoms with Crippen LogP contribution in [0.1, 0.15) is 35.1 Å². The molecule has 1 aromatic heterocycles. The minimum atomic E-state index is -0.776. The third kappa shape index (κ3) is 1.53.